The third kappa shape index (κ3) is 2.39. The minimum absolute atomic E-state index is 0.0283. The molecule has 14 heavy (non-hydrogen) atoms. The van der Waals surface area contributed by atoms with Crippen molar-refractivity contribution in [2.24, 2.45) is 0 Å². The summed E-state index contributed by atoms with van der Waals surface area (Å²) >= 11 is 9.48. The van der Waals surface area contributed by atoms with Crippen LogP contribution in [0.25, 0.3) is 0 Å². The minimum atomic E-state index is -0.734. The zero-order valence-electron chi connectivity index (χ0n) is 7.38. The molecule has 1 aromatic carbocycles. The first-order valence-electron chi connectivity index (χ1n) is 3.91. The monoisotopic (exact) mass is 234 g/mol. The predicted octanol–water partition coefficient (Wildman–Crippen LogP) is 2.94. The summed E-state index contributed by atoms with van der Waals surface area (Å²) in [6.45, 7) is 1.83. The third-order valence-corrected chi connectivity index (χ3v) is 2.06. The highest BCUT2D eigenvalue weighted by Crippen LogP contribution is 2.23. The quantitative estimate of drug-likeness (QED) is 0.629. The summed E-state index contributed by atoms with van der Waals surface area (Å²) in [7, 11) is 0. The lowest BCUT2D eigenvalue weighted by molar-refractivity contribution is 0.0520. The molecule has 5 heteroatoms. The molecule has 1 aromatic rings. The van der Waals surface area contributed by atoms with E-state index in [9.17, 15) is 9.18 Å². The average Bonchev–Trinajstić information content (AvgIpc) is 2.11. The molecule has 0 aliphatic rings. The molecule has 0 unspecified atom stereocenters. The fraction of sp³-hybridized carbons (Fsp3) is 0.222. The number of carbonyl (C=O) groups excluding carboxylic acids is 1. The summed E-state index contributed by atoms with van der Waals surface area (Å²) in [6, 6.07) is 2.54. The number of rotatable bonds is 2. The molecule has 0 bridgehead atoms. The first-order valence-corrected chi connectivity index (χ1v) is 4.74. The molecule has 0 saturated carbocycles. The highest BCUT2D eigenvalue weighted by molar-refractivity contribution is 7.80. The lowest BCUT2D eigenvalue weighted by Crippen LogP contribution is -2.07. The number of carbonyl (C=O) groups is 1. The maximum absolute atomic E-state index is 13.3. The van der Waals surface area contributed by atoms with Crippen molar-refractivity contribution in [3.05, 3.63) is 28.5 Å². The van der Waals surface area contributed by atoms with Gasteiger partial charge in [-0.25, -0.2) is 9.18 Å². The van der Waals surface area contributed by atoms with Gasteiger partial charge in [0.25, 0.3) is 0 Å². The molecule has 1 rings (SSSR count). The van der Waals surface area contributed by atoms with Crippen molar-refractivity contribution in [2.75, 3.05) is 6.61 Å². The summed E-state index contributed by atoms with van der Waals surface area (Å²) in [6.07, 6.45) is 0. The van der Waals surface area contributed by atoms with Crippen LogP contribution in [0.1, 0.15) is 17.3 Å². The predicted molar refractivity (Wildman–Crippen MR) is 54.6 cm³/mol. The van der Waals surface area contributed by atoms with Crippen LogP contribution >= 0.6 is 24.2 Å². The maximum atomic E-state index is 13.3. The van der Waals surface area contributed by atoms with Crippen LogP contribution in [0.5, 0.6) is 0 Å². The Bertz CT molecular complexity index is 368. The van der Waals surface area contributed by atoms with Crippen LogP contribution in [0.2, 0.25) is 5.02 Å². The van der Waals surface area contributed by atoms with Crippen LogP contribution in [-0.2, 0) is 4.74 Å². The summed E-state index contributed by atoms with van der Waals surface area (Å²) in [5, 5.41) is 0.249. The van der Waals surface area contributed by atoms with E-state index < -0.39 is 11.8 Å². The van der Waals surface area contributed by atoms with Crippen molar-refractivity contribution >= 4 is 30.2 Å². The first kappa shape index (κ1) is 11.3. The van der Waals surface area contributed by atoms with Crippen LogP contribution in [0.15, 0.2) is 17.0 Å². The lowest BCUT2D eigenvalue weighted by Gasteiger charge is -2.05. The SMILES string of the molecule is CCOC(=O)c1cc(Cl)cc(S)c1F. The average molecular weight is 235 g/mol. The van der Waals surface area contributed by atoms with Crippen molar-refractivity contribution in [2.45, 2.75) is 11.8 Å². The Kier molecular flexibility index (Phi) is 3.77. The van der Waals surface area contributed by atoms with E-state index in [0.29, 0.717) is 0 Å². The van der Waals surface area contributed by atoms with Crippen LogP contribution < -0.4 is 0 Å². The van der Waals surface area contributed by atoms with Gasteiger partial charge in [0, 0.05) is 9.92 Å². The fourth-order valence-electron chi connectivity index (χ4n) is 0.932. The molecule has 0 radical (unpaired) electrons. The van der Waals surface area contributed by atoms with Crippen molar-refractivity contribution < 1.29 is 13.9 Å². The second kappa shape index (κ2) is 4.66. The minimum Gasteiger partial charge on any atom is -0.462 e. The smallest absolute Gasteiger partial charge is 0.341 e. The molecule has 0 aromatic heterocycles. The van der Waals surface area contributed by atoms with Gasteiger partial charge in [0.05, 0.1) is 12.2 Å². The van der Waals surface area contributed by atoms with E-state index in [1.54, 1.807) is 6.92 Å². The Morgan fingerprint density at radius 2 is 2.29 bits per heavy atom. The molecule has 0 spiro atoms. The van der Waals surface area contributed by atoms with Gasteiger partial charge in [-0.1, -0.05) is 11.6 Å². The molecular weight excluding hydrogens is 227 g/mol. The van der Waals surface area contributed by atoms with Gasteiger partial charge in [0.2, 0.25) is 0 Å². The van der Waals surface area contributed by atoms with E-state index in [1.807, 2.05) is 0 Å². The van der Waals surface area contributed by atoms with Gasteiger partial charge >= 0.3 is 5.97 Å². The standard InChI is InChI=1S/C9H8ClFO2S/c1-2-13-9(12)6-3-5(10)4-7(14)8(6)11/h3-4,14H,2H2,1H3. The van der Waals surface area contributed by atoms with Gasteiger partial charge < -0.3 is 4.74 Å². The Hall–Kier alpha value is -0.740. The number of thiol groups is 1. The van der Waals surface area contributed by atoms with Gasteiger partial charge in [-0.3, -0.25) is 0 Å². The van der Waals surface area contributed by atoms with E-state index in [2.05, 4.69) is 17.4 Å². The summed E-state index contributed by atoms with van der Waals surface area (Å²) in [5.74, 6) is -1.45. The van der Waals surface area contributed by atoms with Crippen LogP contribution in [0, 0.1) is 5.82 Å². The second-order valence-electron chi connectivity index (χ2n) is 2.51. The normalized spacial score (nSPS) is 10.0. The zero-order chi connectivity index (χ0) is 10.7. The molecule has 0 heterocycles. The molecular formula is C9H8ClFO2S. The van der Waals surface area contributed by atoms with Crippen molar-refractivity contribution in [3.63, 3.8) is 0 Å². The van der Waals surface area contributed by atoms with Gasteiger partial charge in [-0.15, -0.1) is 12.6 Å². The largest absolute Gasteiger partial charge is 0.462 e. The van der Waals surface area contributed by atoms with Gasteiger partial charge in [-0.2, -0.15) is 0 Å². The van der Waals surface area contributed by atoms with Crippen LogP contribution in [-0.4, -0.2) is 12.6 Å². The molecule has 2 nitrogen and oxygen atoms in total. The number of hydrogen-bond acceptors (Lipinski definition) is 3. The van der Waals surface area contributed by atoms with Crippen molar-refractivity contribution in [1.29, 1.82) is 0 Å². The van der Waals surface area contributed by atoms with Gasteiger partial charge in [0.15, 0.2) is 5.82 Å². The third-order valence-electron chi connectivity index (χ3n) is 1.51. The number of benzene rings is 1. The van der Waals surface area contributed by atoms with Crippen molar-refractivity contribution in [1.82, 2.24) is 0 Å². The van der Waals surface area contributed by atoms with E-state index in [4.69, 9.17) is 11.6 Å². The summed E-state index contributed by atoms with van der Waals surface area (Å²) in [5.41, 5.74) is -0.190. The van der Waals surface area contributed by atoms with E-state index in [0.717, 1.165) is 0 Å². The number of hydrogen-bond donors (Lipinski definition) is 1. The highest BCUT2D eigenvalue weighted by atomic mass is 35.5. The highest BCUT2D eigenvalue weighted by Gasteiger charge is 2.15. The Balaban J connectivity index is 3.13. The van der Waals surface area contributed by atoms with Crippen LogP contribution in [0.4, 0.5) is 4.39 Å². The van der Waals surface area contributed by atoms with E-state index in [-0.39, 0.29) is 22.1 Å². The van der Waals surface area contributed by atoms with Gasteiger partial charge in [-0.05, 0) is 19.1 Å². The Morgan fingerprint density at radius 3 is 2.86 bits per heavy atom. The zero-order valence-corrected chi connectivity index (χ0v) is 9.03. The molecule has 0 fully saturated rings. The van der Waals surface area contributed by atoms with Crippen LogP contribution in [0.3, 0.4) is 0 Å². The number of esters is 1. The molecule has 0 aliphatic heterocycles. The maximum Gasteiger partial charge on any atom is 0.341 e. The fourth-order valence-corrected chi connectivity index (χ4v) is 1.49. The molecule has 0 N–H and O–H groups in total. The van der Waals surface area contributed by atoms with E-state index >= 15 is 0 Å². The molecule has 0 saturated heterocycles. The van der Waals surface area contributed by atoms with Crippen molar-refractivity contribution in [3.8, 4) is 0 Å². The number of halogens is 2. The molecule has 0 amide bonds. The topological polar surface area (TPSA) is 26.3 Å². The van der Waals surface area contributed by atoms with Gasteiger partial charge in [0.1, 0.15) is 0 Å². The Labute approximate surface area is 91.4 Å². The summed E-state index contributed by atoms with van der Waals surface area (Å²) in [4.78, 5) is 11.2. The molecule has 0 aliphatic carbocycles. The second-order valence-corrected chi connectivity index (χ2v) is 3.43. The summed E-state index contributed by atoms with van der Waals surface area (Å²) < 4.78 is 18.0. The molecule has 0 atom stereocenters. The lowest BCUT2D eigenvalue weighted by atomic mass is 10.2. The number of ether oxygens (including phenoxy) is 1. The molecule has 76 valence electrons. The Morgan fingerprint density at radius 1 is 1.64 bits per heavy atom. The van der Waals surface area contributed by atoms with E-state index in [1.165, 1.54) is 12.1 Å². The first-order chi connectivity index (χ1) is 6.56.